The third kappa shape index (κ3) is 0.790. The topological polar surface area (TPSA) is 65.2 Å². The molecule has 0 amide bonds. The molecule has 0 radical (unpaired) electrons. The Kier molecular flexibility index (Phi) is 1.17. The maximum atomic E-state index is 5.29. The van der Waals surface area contributed by atoms with Crippen molar-refractivity contribution in [1.82, 2.24) is 0 Å². The molecular formula is C4H5BrN2O. The number of nitrogen functional groups attached to an aromatic ring is 2. The third-order valence-corrected chi connectivity index (χ3v) is 1.15. The van der Waals surface area contributed by atoms with Crippen molar-refractivity contribution in [3.63, 3.8) is 0 Å². The fourth-order valence-corrected chi connectivity index (χ4v) is 0.808. The molecule has 0 aromatic carbocycles. The molecule has 0 fully saturated rings. The Morgan fingerprint density at radius 1 is 1.50 bits per heavy atom. The quantitative estimate of drug-likeness (QED) is 0.625. The molecule has 1 rings (SSSR count). The van der Waals surface area contributed by atoms with E-state index in [9.17, 15) is 0 Å². The number of hydrogen-bond acceptors (Lipinski definition) is 3. The molecule has 0 aliphatic rings. The van der Waals surface area contributed by atoms with E-state index >= 15 is 0 Å². The van der Waals surface area contributed by atoms with E-state index in [4.69, 9.17) is 15.9 Å². The number of halogens is 1. The van der Waals surface area contributed by atoms with Crippen LogP contribution in [0, 0.1) is 0 Å². The summed E-state index contributed by atoms with van der Waals surface area (Å²) in [5.74, 6) is 0.261. The molecule has 1 aromatic rings. The zero-order valence-corrected chi connectivity index (χ0v) is 5.60. The Morgan fingerprint density at radius 2 is 2.12 bits per heavy atom. The Hall–Kier alpha value is -0.640. The van der Waals surface area contributed by atoms with Crippen molar-refractivity contribution >= 4 is 27.5 Å². The van der Waals surface area contributed by atoms with Gasteiger partial charge in [-0.2, -0.15) is 0 Å². The van der Waals surface area contributed by atoms with Crippen molar-refractivity contribution in [2.75, 3.05) is 11.5 Å². The molecule has 0 spiro atoms. The van der Waals surface area contributed by atoms with Gasteiger partial charge in [0.1, 0.15) is 0 Å². The predicted octanol–water partition coefficient (Wildman–Crippen LogP) is 1.21. The van der Waals surface area contributed by atoms with Crippen LogP contribution in [-0.4, -0.2) is 0 Å². The summed E-state index contributed by atoms with van der Waals surface area (Å²) in [5, 5.41) is 0. The van der Waals surface area contributed by atoms with E-state index < -0.39 is 0 Å². The normalized spacial score (nSPS) is 9.62. The molecule has 0 saturated carbocycles. The highest BCUT2D eigenvalue weighted by atomic mass is 79.9. The standard InChI is InChI=1S/C4H5BrN2O/c5-3-1-2(6)4(7)8-3/h1H,6-7H2. The second-order valence-corrected chi connectivity index (χ2v) is 2.15. The molecule has 1 aromatic heterocycles. The van der Waals surface area contributed by atoms with Gasteiger partial charge < -0.3 is 15.9 Å². The molecule has 1 heterocycles. The van der Waals surface area contributed by atoms with Crippen molar-refractivity contribution in [2.45, 2.75) is 0 Å². The number of rotatable bonds is 0. The maximum Gasteiger partial charge on any atom is 0.215 e. The molecule has 0 aliphatic heterocycles. The summed E-state index contributed by atoms with van der Waals surface area (Å²) in [6.45, 7) is 0. The molecule has 0 unspecified atom stereocenters. The average Bonchev–Trinajstić information content (AvgIpc) is 1.85. The highest BCUT2D eigenvalue weighted by Gasteiger charge is 1.98. The first-order valence-corrected chi connectivity index (χ1v) is 2.79. The van der Waals surface area contributed by atoms with Crippen molar-refractivity contribution in [3.05, 3.63) is 10.7 Å². The fraction of sp³-hybridized carbons (Fsp3) is 0. The van der Waals surface area contributed by atoms with Crippen molar-refractivity contribution < 1.29 is 4.42 Å². The Morgan fingerprint density at radius 3 is 2.25 bits per heavy atom. The molecule has 0 saturated heterocycles. The lowest BCUT2D eigenvalue weighted by Crippen LogP contribution is -1.87. The summed E-state index contributed by atoms with van der Waals surface area (Å²) in [4.78, 5) is 0. The molecule has 4 N–H and O–H groups in total. The van der Waals surface area contributed by atoms with Crippen LogP contribution < -0.4 is 11.5 Å². The molecule has 3 nitrogen and oxygen atoms in total. The predicted molar refractivity (Wildman–Crippen MR) is 35.2 cm³/mol. The minimum atomic E-state index is 0.261. The lowest BCUT2D eigenvalue weighted by atomic mass is 10.5. The largest absolute Gasteiger partial charge is 0.432 e. The van der Waals surface area contributed by atoms with Gasteiger partial charge in [0.2, 0.25) is 5.88 Å². The molecule has 0 aliphatic carbocycles. The van der Waals surface area contributed by atoms with Gasteiger partial charge in [-0.05, 0) is 15.9 Å². The lowest BCUT2D eigenvalue weighted by molar-refractivity contribution is 0.561. The van der Waals surface area contributed by atoms with Crippen molar-refractivity contribution in [3.8, 4) is 0 Å². The molecule has 8 heavy (non-hydrogen) atoms. The van der Waals surface area contributed by atoms with Gasteiger partial charge in [-0.15, -0.1) is 0 Å². The van der Waals surface area contributed by atoms with Crippen LogP contribution >= 0.6 is 15.9 Å². The molecule has 4 heteroatoms. The van der Waals surface area contributed by atoms with Crippen LogP contribution in [0.4, 0.5) is 11.6 Å². The summed E-state index contributed by atoms with van der Waals surface area (Å²) in [5.41, 5.74) is 11.0. The highest BCUT2D eigenvalue weighted by Crippen LogP contribution is 2.23. The van der Waals surface area contributed by atoms with Crippen LogP contribution in [-0.2, 0) is 0 Å². The molecular weight excluding hydrogens is 172 g/mol. The first kappa shape index (κ1) is 5.50. The van der Waals surface area contributed by atoms with Crippen LogP contribution in [0.1, 0.15) is 0 Å². The Bertz CT molecular complexity index is 176. The van der Waals surface area contributed by atoms with Gasteiger partial charge in [-0.3, -0.25) is 0 Å². The summed E-state index contributed by atoms with van der Waals surface area (Å²) in [6, 6.07) is 1.61. The van der Waals surface area contributed by atoms with Crippen LogP contribution in [0.3, 0.4) is 0 Å². The van der Waals surface area contributed by atoms with E-state index in [-0.39, 0.29) is 5.88 Å². The van der Waals surface area contributed by atoms with Crippen LogP contribution in [0.25, 0.3) is 0 Å². The zero-order chi connectivity index (χ0) is 6.15. The smallest absolute Gasteiger partial charge is 0.215 e. The van der Waals surface area contributed by atoms with Gasteiger partial charge in [0.15, 0.2) is 4.67 Å². The second kappa shape index (κ2) is 1.70. The lowest BCUT2D eigenvalue weighted by Gasteiger charge is -1.81. The molecule has 0 atom stereocenters. The van der Waals surface area contributed by atoms with E-state index in [1.807, 2.05) is 0 Å². The van der Waals surface area contributed by atoms with Gasteiger partial charge in [-0.1, -0.05) is 0 Å². The van der Waals surface area contributed by atoms with Crippen LogP contribution in [0.15, 0.2) is 15.2 Å². The summed E-state index contributed by atoms with van der Waals surface area (Å²) < 4.78 is 5.35. The highest BCUT2D eigenvalue weighted by molar-refractivity contribution is 9.10. The van der Waals surface area contributed by atoms with Gasteiger partial charge >= 0.3 is 0 Å². The van der Waals surface area contributed by atoms with Crippen molar-refractivity contribution in [1.29, 1.82) is 0 Å². The third-order valence-electron chi connectivity index (χ3n) is 0.761. The minimum absolute atomic E-state index is 0.261. The van der Waals surface area contributed by atoms with E-state index in [1.54, 1.807) is 6.07 Å². The number of furan rings is 1. The van der Waals surface area contributed by atoms with E-state index in [2.05, 4.69) is 15.9 Å². The van der Waals surface area contributed by atoms with Gasteiger partial charge in [0, 0.05) is 6.07 Å². The summed E-state index contributed by atoms with van der Waals surface area (Å²) in [6.07, 6.45) is 0. The van der Waals surface area contributed by atoms with E-state index in [0.717, 1.165) is 0 Å². The average molecular weight is 177 g/mol. The molecule has 0 bridgehead atoms. The number of hydrogen-bond donors (Lipinski definition) is 2. The Labute approximate surface area is 54.8 Å². The first-order chi connectivity index (χ1) is 3.70. The van der Waals surface area contributed by atoms with Gasteiger partial charge in [0.05, 0.1) is 5.69 Å². The fourth-order valence-electron chi connectivity index (χ4n) is 0.387. The number of nitrogens with two attached hydrogens (primary N) is 2. The minimum Gasteiger partial charge on any atom is -0.432 e. The van der Waals surface area contributed by atoms with Gasteiger partial charge in [0.25, 0.3) is 0 Å². The van der Waals surface area contributed by atoms with Crippen LogP contribution in [0.2, 0.25) is 0 Å². The number of anilines is 2. The SMILES string of the molecule is Nc1cc(Br)oc1N. The Balaban J connectivity index is 3.14. The summed E-state index contributed by atoms with van der Waals surface area (Å²) >= 11 is 3.06. The maximum absolute atomic E-state index is 5.29. The van der Waals surface area contributed by atoms with Crippen LogP contribution in [0.5, 0.6) is 0 Å². The zero-order valence-electron chi connectivity index (χ0n) is 4.02. The first-order valence-electron chi connectivity index (χ1n) is 2.00. The van der Waals surface area contributed by atoms with Crippen molar-refractivity contribution in [2.24, 2.45) is 0 Å². The van der Waals surface area contributed by atoms with E-state index in [0.29, 0.717) is 10.4 Å². The van der Waals surface area contributed by atoms with Gasteiger partial charge in [-0.25, -0.2) is 0 Å². The second-order valence-electron chi connectivity index (χ2n) is 1.37. The molecule has 44 valence electrons. The monoisotopic (exact) mass is 176 g/mol. The van der Waals surface area contributed by atoms with E-state index in [1.165, 1.54) is 0 Å². The summed E-state index contributed by atoms with van der Waals surface area (Å²) in [7, 11) is 0.